The summed E-state index contributed by atoms with van der Waals surface area (Å²) in [5, 5.41) is 13.4. The number of carboxylic acids is 1. The molecule has 1 aliphatic carbocycles. The molecule has 1 saturated carbocycles. The molecule has 0 aliphatic heterocycles. The van der Waals surface area contributed by atoms with Crippen LogP contribution in [0, 0.1) is 5.92 Å². The van der Waals surface area contributed by atoms with Crippen molar-refractivity contribution in [1.82, 2.24) is 5.32 Å². The highest BCUT2D eigenvalue weighted by atomic mass is 32.2. The average molecular weight is 259 g/mol. The van der Waals surface area contributed by atoms with Crippen LogP contribution < -0.4 is 5.32 Å². The minimum Gasteiger partial charge on any atom is -0.480 e. The molecule has 3 nitrogen and oxygen atoms in total. The summed E-state index contributed by atoms with van der Waals surface area (Å²) in [6.45, 7) is 8.36. The molecule has 100 valence electrons. The molecule has 4 heteroatoms. The number of aliphatic carboxylic acids is 1. The zero-order valence-electron chi connectivity index (χ0n) is 11.3. The second-order valence-electron chi connectivity index (χ2n) is 5.38. The van der Waals surface area contributed by atoms with Crippen molar-refractivity contribution in [1.29, 1.82) is 0 Å². The molecule has 0 aromatic carbocycles. The van der Waals surface area contributed by atoms with Crippen molar-refractivity contribution < 1.29 is 9.90 Å². The van der Waals surface area contributed by atoms with E-state index in [1.165, 1.54) is 0 Å². The maximum Gasteiger partial charge on any atom is 0.325 e. The minimum absolute atomic E-state index is 0.212. The molecule has 0 spiro atoms. The van der Waals surface area contributed by atoms with Crippen molar-refractivity contribution in [3.63, 3.8) is 0 Å². The summed E-state index contributed by atoms with van der Waals surface area (Å²) < 4.78 is 0. The Hall–Kier alpha value is -0.220. The smallest absolute Gasteiger partial charge is 0.325 e. The van der Waals surface area contributed by atoms with Gasteiger partial charge in [0.15, 0.2) is 0 Å². The van der Waals surface area contributed by atoms with Crippen LogP contribution in [0.3, 0.4) is 0 Å². The van der Waals surface area contributed by atoms with Crippen molar-refractivity contribution in [2.45, 2.75) is 63.8 Å². The lowest BCUT2D eigenvalue weighted by atomic mass is 9.94. The third-order valence-electron chi connectivity index (χ3n) is 3.37. The van der Waals surface area contributed by atoms with Crippen LogP contribution >= 0.6 is 11.8 Å². The van der Waals surface area contributed by atoms with Gasteiger partial charge in [0.25, 0.3) is 0 Å². The van der Waals surface area contributed by atoms with E-state index < -0.39 is 11.5 Å². The average Bonchev–Trinajstić information content (AvgIpc) is 3.06. The van der Waals surface area contributed by atoms with Crippen molar-refractivity contribution in [2.75, 3.05) is 5.75 Å². The van der Waals surface area contributed by atoms with Crippen molar-refractivity contribution in [3.05, 3.63) is 0 Å². The van der Waals surface area contributed by atoms with E-state index >= 15 is 0 Å². The van der Waals surface area contributed by atoms with E-state index in [1.54, 1.807) is 11.8 Å². The Balaban J connectivity index is 2.72. The topological polar surface area (TPSA) is 49.3 Å². The lowest BCUT2D eigenvalue weighted by Gasteiger charge is -2.33. The van der Waals surface area contributed by atoms with Gasteiger partial charge in [0.05, 0.1) is 0 Å². The normalized spacial score (nSPS) is 21.2. The Morgan fingerprint density at radius 3 is 2.41 bits per heavy atom. The molecule has 1 rings (SSSR count). The van der Waals surface area contributed by atoms with Gasteiger partial charge in [-0.3, -0.25) is 10.1 Å². The van der Waals surface area contributed by atoms with Gasteiger partial charge < -0.3 is 5.11 Å². The summed E-state index contributed by atoms with van der Waals surface area (Å²) in [5.41, 5.74) is -0.706. The molecule has 2 unspecified atom stereocenters. The zero-order valence-corrected chi connectivity index (χ0v) is 12.1. The number of carboxylic acid groups (broad SMARTS) is 1. The first-order valence-corrected chi connectivity index (χ1v) is 7.60. The predicted octanol–water partition coefficient (Wildman–Crippen LogP) is 2.75. The molecule has 2 atom stereocenters. The van der Waals surface area contributed by atoms with Crippen LogP contribution in [0.5, 0.6) is 0 Å². The van der Waals surface area contributed by atoms with Gasteiger partial charge in [-0.1, -0.05) is 13.8 Å². The van der Waals surface area contributed by atoms with Crippen LogP contribution in [-0.2, 0) is 4.79 Å². The lowest BCUT2D eigenvalue weighted by Crippen LogP contribution is -2.58. The van der Waals surface area contributed by atoms with E-state index in [4.69, 9.17) is 0 Å². The Kier molecular flexibility index (Phi) is 5.32. The third kappa shape index (κ3) is 3.88. The van der Waals surface area contributed by atoms with Crippen LogP contribution in [0.2, 0.25) is 0 Å². The fourth-order valence-corrected chi connectivity index (χ4v) is 3.28. The second kappa shape index (κ2) is 6.10. The number of rotatable bonds is 8. The van der Waals surface area contributed by atoms with Crippen LogP contribution in [0.25, 0.3) is 0 Å². The Bertz CT molecular complexity index is 266. The SMILES string of the molecule is CCC(C)SCC(NC(C)C)(C(=O)O)C1CC1. The van der Waals surface area contributed by atoms with E-state index in [-0.39, 0.29) is 6.04 Å². The Labute approximate surface area is 109 Å². The monoisotopic (exact) mass is 259 g/mol. The van der Waals surface area contributed by atoms with Gasteiger partial charge in [0.2, 0.25) is 0 Å². The molecule has 0 heterocycles. The summed E-state index contributed by atoms with van der Waals surface area (Å²) in [4.78, 5) is 11.7. The van der Waals surface area contributed by atoms with Gasteiger partial charge in [-0.25, -0.2) is 0 Å². The van der Waals surface area contributed by atoms with Gasteiger partial charge in [-0.05, 0) is 39.0 Å². The standard InChI is InChI=1S/C13H25NO2S/c1-5-10(4)17-8-13(12(15)16,11-6-7-11)14-9(2)3/h9-11,14H,5-8H2,1-4H3,(H,15,16). The molecule has 0 aromatic heterocycles. The number of hydrogen-bond donors (Lipinski definition) is 2. The molecule has 2 N–H and O–H groups in total. The summed E-state index contributed by atoms with van der Waals surface area (Å²) in [6.07, 6.45) is 3.19. The molecule has 1 aliphatic rings. The summed E-state index contributed by atoms with van der Waals surface area (Å²) in [6, 6.07) is 0.212. The molecule has 0 saturated heterocycles. The molecular formula is C13H25NO2S. The number of thioether (sulfide) groups is 1. The zero-order chi connectivity index (χ0) is 13.1. The van der Waals surface area contributed by atoms with Gasteiger partial charge in [0.1, 0.15) is 5.54 Å². The lowest BCUT2D eigenvalue weighted by molar-refractivity contribution is -0.145. The van der Waals surface area contributed by atoms with E-state index in [0.717, 1.165) is 19.3 Å². The highest BCUT2D eigenvalue weighted by Crippen LogP contribution is 2.42. The molecule has 0 radical (unpaired) electrons. The molecule has 0 aromatic rings. The fourth-order valence-electron chi connectivity index (χ4n) is 2.06. The van der Waals surface area contributed by atoms with Crippen molar-refractivity contribution in [2.24, 2.45) is 5.92 Å². The van der Waals surface area contributed by atoms with Crippen molar-refractivity contribution in [3.8, 4) is 0 Å². The number of hydrogen-bond acceptors (Lipinski definition) is 3. The van der Waals surface area contributed by atoms with Crippen molar-refractivity contribution >= 4 is 17.7 Å². The van der Waals surface area contributed by atoms with Crippen LogP contribution in [0.15, 0.2) is 0 Å². The van der Waals surface area contributed by atoms with Gasteiger partial charge in [-0.2, -0.15) is 11.8 Å². The first kappa shape index (κ1) is 14.8. The molecule has 0 bridgehead atoms. The van der Waals surface area contributed by atoms with Crippen LogP contribution in [0.4, 0.5) is 0 Å². The number of nitrogens with one attached hydrogen (secondary N) is 1. The first-order chi connectivity index (χ1) is 7.92. The molecule has 0 amide bonds. The van der Waals surface area contributed by atoms with Gasteiger partial charge in [-0.15, -0.1) is 0 Å². The Morgan fingerprint density at radius 1 is 1.47 bits per heavy atom. The van der Waals surface area contributed by atoms with E-state index in [0.29, 0.717) is 16.9 Å². The Morgan fingerprint density at radius 2 is 2.06 bits per heavy atom. The highest BCUT2D eigenvalue weighted by Gasteiger charge is 2.51. The summed E-state index contributed by atoms with van der Waals surface area (Å²) in [5.74, 6) is 0.323. The quantitative estimate of drug-likeness (QED) is 0.704. The second-order valence-corrected chi connectivity index (χ2v) is 6.81. The largest absolute Gasteiger partial charge is 0.480 e. The minimum atomic E-state index is -0.706. The van der Waals surface area contributed by atoms with Gasteiger partial charge >= 0.3 is 5.97 Å². The molecule has 1 fully saturated rings. The van der Waals surface area contributed by atoms with Gasteiger partial charge in [0, 0.05) is 17.0 Å². The van der Waals surface area contributed by atoms with E-state index in [1.807, 2.05) is 13.8 Å². The molecular weight excluding hydrogens is 234 g/mol. The van der Waals surface area contributed by atoms with E-state index in [2.05, 4.69) is 19.2 Å². The maximum absolute atomic E-state index is 11.7. The predicted molar refractivity (Wildman–Crippen MR) is 73.6 cm³/mol. The summed E-state index contributed by atoms with van der Waals surface area (Å²) in [7, 11) is 0. The van der Waals surface area contributed by atoms with Crippen LogP contribution in [-0.4, -0.2) is 33.7 Å². The fraction of sp³-hybridized carbons (Fsp3) is 0.923. The maximum atomic E-state index is 11.7. The third-order valence-corrected chi connectivity index (χ3v) is 4.90. The summed E-state index contributed by atoms with van der Waals surface area (Å²) >= 11 is 1.78. The van der Waals surface area contributed by atoms with Crippen LogP contribution in [0.1, 0.15) is 47.0 Å². The molecule has 17 heavy (non-hydrogen) atoms. The van der Waals surface area contributed by atoms with E-state index in [9.17, 15) is 9.90 Å². The number of carbonyl (C=O) groups is 1. The first-order valence-electron chi connectivity index (χ1n) is 6.55. The highest BCUT2D eigenvalue weighted by molar-refractivity contribution is 8.00.